The second-order valence-corrected chi connectivity index (χ2v) is 3.80. The third kappa shape index (κ3) is 1.97. The lowest BCUT2D eigenvalue weighted by Gasteiger charge is -2.04. The summed E-state index contributed by atoms with van der Waals surface area (Å²) in [4.78, 5) is 10.4. The molecule has 0 spiro atoms. The molecule has 12 heavy (non-hydrogen) atoms. The number of aromatic hydroxyl groups is 1. The fourth-order valence-electron chi connectivity index (χ4n) is 0.885. The minimum Gasteiger partial charge on any atom is -0.507 e. The zero-order valence-corrected chi connectivity index (χ0v) is 8.78. The van der Waals surface area contributed by atoms with Gasteiger partial charge in [0.1, 0.15) is 12.0 Å². The van der Waals surface area contributed by atoms with E-state index < -0.39 is 0 Å². The van der Waals surface area contributed by atoms with Gasteiger partial charge in [-0.2, -0.15) is 0 Å². The Morgan fingerprint density at radius 2 is 2.25 bits per heavy atom. The molecule has 0 radical (unpaired) electrons. The minimum absolute atomic E-state index is 0.0980. The van der Waals surface area contributed by atoms with Crippen LogP contribution in [0.5, 0.6) is 5.75 Å². The smallest absolute Gasteiger partial charge is 0.128 e. The van der Waals surface area contributed by atoms with Crippen molar-refractivity contribution >= 4 is 28.9 Å². The Kier molecular flexibility index (Phi) is 3.08. The van der Waals surface area contributed by atoms with E-state index in [0.29, 0.717) is 0 Å². The van der Waals surface area contributed by atoms with Gasteiger partial charge in [-0.1, -0.05) is 13.0 Å². The molecule has 0 aliphatic carbocycles. The van der Waals surface area contributed by atoms with E-state index in [2.05, 4.69) is 0 Å². The lowest BCUT2D eigenvalue weighted by Crippen LogP contribution is -1.94. The second-order valence-electron chi connectivity index (χ2n) is 2.64. The van der Waals surface area contributed by atoms with Gasteiger partial charge in [-0.3, -0.25) is 0 Å². The fraction of sp³-hybridized carbons (Fsp3) is 0.222. The Bertz CT molecular complexity index is 297. The number of hydrogen-bond donors (Lipinski definition) is 1. The summed E-state index contributed by atoms with van der Waals surface area (Å²) < 4.78 is 0.777. The van der Waals surface area contributed by atoms with E-state index in [1.807, 2.05) is 35.6 Å². The van der Waals surface area contributed by atoms with Crippen molar-refractivity contribution in [3.05, 3.63) is 27.3 Å². The molecule has 0 saturated carbocycles. The van der Waals surface area contributed by atoms with Crippen LogP contribution in [-0.4, -0.2) is 11.4 Å². The summed E-state index contributed by atoms with van der Waals surface area (Å²) in [5.74, 6) is 0.163. The summed E-state index contributed by atoms with van der Waals surface area (Å²) in [6, 6.07) is 5.18. The van der Waals surface area contributed by atoms with Crippen molar-refractivity contribution in [3.63, 3.8) is 0 Å². The van der Waals surface area contributed by atoms with Crippen LogP contribution < -0.4 is 0 Å². The monoisotopic (exact) mass is 276 g/mol. The number of aldehydes is 1. The van der Waals surface area contributed by atoms with E-state index in [-0.39, 0.29) is 11.7 Å². The van der Waals surface area contributed by atoms with Crippen molar-refractivity contribution in [3.8, 4) is 5.75 Å². The summed E-state index contributed by atoms with van der Waals surface area (Å²) >= 11 is 2.03. The molecular formula is C9H9IO2. The molecule has 0 bridgehead atoms. The minimum atomic E-state index is -0.0980. The van der Waals surface area contributed by atoms with Crippen LogP contribution in [0, 0.1) is 3.57 Å². The van der Waals surface area contributed by atoms with E-state index in [4.69, 9.17) is 0 Å². The maximum atomic E-state index is 10.4. The first-order valence-corrected chi connectivity index (χ1v) is 4.66. The average molecular weight is 276 g/mol. The zero-order chi connectivity index (χ0) is 9.14. The maximum absolute atomic E-state index is 10.4. The van der Waals surface area contributed by atoms with Crippen LogP contribution >= 0.6 is 22.6 Å². The molecule has 1 aromatic rings. The molecule has 0 aliphatic rings. The maximum Gasteiger partial charge on any atom is 0.128 e. The predicted octanol–water partition coefficient (Wildman–Crippen LogP) is 2.30. The summed E-state index contributed by atoms with van der Waals surface area (Å²) in [5.41, 5.74) is 0.937. The molecule has 3 heteroatoms. The number of carbonyl (C=O) groups is 1. The van der Waals surface area contributed by atoms with Crippen molar-refractivity contribution in [2.45, 2.75) is 12.8 Å². The molecule has 1 unspecified atom stereocenters. The Labute approximate surface area is 84.7 Å². The zero-order valence-electron chi connectivity index (χ0n) is 6.62. The third-order valence-electron chi connectivity index (χ3n) is 1.70. The largest absolute Gasteiger partial charge is 0.507 e. The van der Waals surface area contributed by atoms with Crippen molar-refractivity contribution in [1.29, 1.82) is 0 Å². The van der Waals surface area contributed by atoms with Crippen LogP contribution in [0.15, 0.2) is 18.2 Å². The Hall–Kier alpha value is -0.580. The second kappa shape index (κ2) is 3.89. The van der Waals surface area contributed by atoms with Gasteiger partial charge in [-0.25, -0.2) is 0 Å². The van der Waals surface area contributed by atoms with E-state index in [1.54, 1.807) is 12.1 Å². The molecule has 1 N–H and O–H groups in total. The molecule has 1 rings (SSSR count). The molecule has 0 heterocycles. The average Bonchev–Trinajstić information content (AvgIpc) is 2.08. The number of hydrogen-bond acceptors (Lipinski definition) is 2. The van der Waals surface area contributed by atoms with E-state index in [0.717, 1.165) is 15.4 Å². The molecule has 1 aromatic carbocycles. The van der Waals surface area contributed by atoms with Gasteiger partial charge in [0.15, 0.2) is 0 Å². The van der Waals surface area contributed by atoms with Crippen LogP contribution in [0.3, 0.4) is 0 Å². The topological polar surface area (TPSA) is 37.3 Å². The van der Waals surface area contributed by atoms with Crippen molar-refractivity contribution in [2.75, 3.05) is 0 Å². The Balaban J connectivity index is 3.04. The first-order valence-electron chi connectivity index (χ1n) is 3.59. The third-order valence-corrected chi connectivity index (χ3v) is 2.57. The highest BCUT2D eigenvalue weighted by molar-refractivity contribution is 14.1. The normalized spacial score (nSPS) is 12.5. The van der Waals surface area contributed by atoms with Gasteiger partial charge in [-0.05, 0) is 40.3 Å². The van der Waals surface area contributed by atoms with Crippen LogP contribution in [-0.2, 0) is 4.79 Å². The van der Waals surface area contributed by atoms with E-state index in [9.17, 15) is 9.90 Å². The van der Waals surface area contributed by atoms with E-state index in [1.165, 1.54) is 0 Å². The number of rotatable bonds is 2. The molecule has 2 nitrogen and oxygen atoms in total. The Morgan fingerprint density at radius 3 is 2.75 bits per heavy atom. The SMILES string of the molecule is CC(C=O)c1ccc(O)c(I)c1. The summed E-state index contributed by atoms with van der Waals surface area (Å²) in [5, 5.41) is 9.20. The van der Waals surface area contributed by atoms with Crippen LogP contribution in [0.2, 0.25) is 0 Å². The highest BCUT2D eigenvalue weighted by Gasteiger charge is 2.05. The fourth-order valence-corrected chi connectivity index (χ4v) is 1.42. The van der Waals surface area contributed by atoms with Crippen LogP contribution in [0.1, 0.15) is 18.4 Å². The number of benzene rings is 1. The molecule has 0 amide bonds. The number of carbonyl (C=O) groups excluding carboxylic acids is 1. The van der Waals surface area contributed by atoms with Gasteiger partial charge in [0.25, 0.3) is 0 Å². The first kappa shape index (κ1) is 9.51. The predicted molar refractivity (Wildman–Crippen MR) is 55.3 cm³/mol. The van der Waals surface area contributed by atoms with Crippen LogP contribution in [0.25, 0.3) is 0 Å². The molecule has 0 fully saturated rings. The highest BCUT2D eigenvalue weighted by atomic mass is 127. The Morgan fingerprint density at radius 1 is 1.58 bits per heavy atom. The van der Waals surface area contributed by atoms with Crippen molar-refractivity contribution < 1.29 is 9.90 Å². The molecule has 64 valence electrons. The standard InChI is InChI=1S/C9H9IO2/c1-6(5-11)7-2-3-9(12)8(10)4-7/h2-6,12H,1H3. The van der Waals surface area contributed by atoms with Gasteiger partial charge in [0.2, 0.25) is 0 Å². The quantitative estimate of drug-likeness (QED) is 0.664. The van der Waals surface area contributed by atoms with Gasteiger partial charge in [-0.15, -0.1) is 0 Å². The lowest BCUT2D eigenvalue weighted by molar-refractivity contribution is -0.108. The molecular weight excluding hydrogens is 267 g/mol. The van der Waals surface area contributed by atoms with Gasteiger partial charge < -0.3 is 9.90 Å². The van der Waals surface area contributed by atoms with Gasteiger partial charge in [0.05, 0.1) is 3.57 Å². The summed E-state index contributed by atoms with van der Waals surface area (Å²) in [6.07, 6.45) is 0.891. The molecule has 1 atom stereocenters. The van der Waals surface area contributed by atoms with Crippen molar-refractivity contribution in [2.24, 2.45) is 0 Å². The number of phenolic OH excluding ortho intramolecular Hbond substituents is 1. The highest BCUT2D eigenvalue weighted by Crippen LogP contribution is 2.23. The number of phenols is 1. The molecule has 0 aromatic heterocycles. The first-order chi connectivity index (χ1) is 5.65. The summed E-state index contributed by atoms with van der Waals surface area (Å²) in [6.45, 7) is 1.83. The summed E-state index contributed by atoms with van der Waals surface area (Å²) in [7, 11) is 0. The molecule has 0 saturated heterocycles. The van der Waals surface area contributed by atoms with Crippen LogP contribution in [0.4, 0.5) is 0 Å². The number of halogens is 1. The van der Waals surface area contributed by atoms with E-state index >= 15 is 0 Å². The van der Waals surface area contributed by atoms with Crippen molar-refractivity contribution in [1.82, 2.24) is 0 Å². The van der Waals surface area contributed by atoms with Gasteiger partial charge in [0, 0.05) is 5.92 Å². The van der Waals surface area contributed by atoms with Gasteiger partial charge >= 0.3 is 0 Å². The molecule has 0 aliphatic heterocycles. The lowest BCUT2D eigenvalue weighted by atomic mass is 10.0.